The zero-order chi connectivity index (χ0) is 34.9. The molecule has 0 fully saturated rings. The third kappa shape index (κ3) is 33.3. The summed E-state index contributed by atoms with van der Waals surface area (Å²) in [4.78, 5) is 33.6. The van der Waals surface area contributed by atoms with E-state index in [4.69, 9.17) is 19.1 Å². The maximum Gasteiger partial charge on any atom is 0.472 e. The van der Waals surface area contributed by atoms with E-state index in [9.17, 15) is 24.2 Å². The highest BCUT2D eigenvalue weighted by molar-refractivity contribution is 7.47. The molecular formula is C36H71O10P. The van der Waals surface area contributed by atoms with Crippen molar-refractivity contribution >= 4 is 19.8 Å². The van der Waals surface area contributed by atoms with Crippen molar-refractivity contribution in [1.29, 1.82) is 0 Å². The molecule has 0 spiro atoms. The van der Waals surface area contributed by atoms with E-state index >= 15 is 0 Å². The van der Waals surface area contributed by atoms with Gasteiger partial charge >= 0.3 is 19.8 Å². The molecule has 0 saturated carbocycles. The molecule has 0 aromatic heterocycles. The number of carbonyl (C=O) groups excluding carboxylic acids is 2. The molecule has 280 valence electrons. The fourth-order valence-electron chi connectivity index (χ4n) is 5.33. The first-order valence-corrected chi connectivity index (χ1v) is 20.5. The van der Waals surface area contributed by atoms with Crippen LogP contribution in [0.15, 0.2) is 0 Å². The van der Waals surface area contributed by atoms with Crippen LogP contribution < -0.4 is 0 Å². The van der Waals surface area contributed by atoms with Gasteiger partial charge in [-0.3, -0.25) is 18.6 Å². The van der Waals surface area contributed by atoms with Crippen molar-refractivity contribution in [2.24, 2.45) is 0 Å². The van der Waals surface area contributed by atoms with Crippen LogP contribution in [0.2, 0.25) is 0 Å². The monoisotopic (exact) mass is 694 g/mol. The standard InChI is InChI=1S/C36H71O10P/c1-3-5-6-7-8-9-10-11-12-13-14-15-16-17-18-19-20-21-22-23-24-25-26-27-28-36(40)46-34(31-43-35(39)4-2)32-45-47(41,42)44-30-33(38)29-37/h33-34,37-38H,3-32H2,1-2H3,(H,41,42). The second kappa shape index (κ2) is 33.5. The predicted molar refractivity (Wildman–Crippen MR) is 187 cm³/mol. The van der Waals surface area contributed by atoms with Crippen molar-refractivity contribution in [3.05, 3.63) is 0 Å². The van der Waals surface area contributed by atoms with Crippen LogP contribution in [-0.4, -0.2) is 65.7 Å². The highest BCUT2D eigenvalue weighted by atomic mass is 31.2. The van der Waals surface area contributed by atoms with Crippen molar-refractivity contribution in [3.8, 4) is 0 Å². The van der Waals surface area contributed by atoms with E-state index in [1.807, 2.05) is 0 Å². The average molecular weight is 695 g/mol. The SMILES string of the molecule is CCCCCCCCCCCCCCCCCCCCCCCCCCC(=O)OC(COC(=O)CC)COP(=O)(O)OCC(O)CO. The van der Waals surface area contributed by atoms with Gasteiger partial charge in [-0.15, -0.1) is 0 Å². The van der Waals surface area contributed by atoms with Gasteiger partial charge < -0.3 is 24.6 Å². The van der Waals surface area contributed by atoms with Gasteiger partial charge in [0.1, 0.15) is 12.7 Å². The Hall–Kier alpha value is -1.03. The smallest absolute Gasteiger partial charge is 0.462 e. The molecule has 3 unspecified atom stereocenters. The highest BCUT2D eigenvalue weighted by Crippen LogP contribution is 2.43. The van der Waals surface area contributed by atoms with E-state index in [2.05, 4.69) is 11.4 Å². The van der Waals surface area contributed by atoms with E-state index < -0.39 is 51.8 Å². The van der Waals surface area contributed by atoms with Gasteiger partial charge in [-0.2, -0.15) is 0 Å². The lowest BCUT2D eigenvalue weighted by atomic mass is 10.0. The maximum absolute atomic E-state index is 12.3. The van der Waals surface area contributed by atoms with Crippen molar-refractivity contribution in [3.63, 3.8) is 0 Å². The van der Waals surface area contributed by atoms with Crippen LogP contribution in [0.3, 0.4) is 0 Å². The van der Waals surface area contributed by atoms with Crippen LogP contribution >= 0.6 is 7.82 Å². The molecule has 47 heavy (non-hydrogen) atoms. The Balaban J connectivity index is 3.73. The van der Waals surface area contributed by atoms with Crippen LogP contribution in [-0.2, 0) is 32.7 Å². The second-order valence-electron chi connectivity index (χ2n) is 12.9. The van der Waals surface area contributed by atoms with Crippen LogP contribution in [0.4, 0.5) is 0 Å². The molecule has 0 radical (unpaired) electrons. The average Bonchev–Trinajstić information content (AvgIpc) is 3.06. The molecule has 10 nitrogen and oxygen atoms in total. The summed E-state index contributed by atoms with van der Waals surface area (Å²) in [5, 5.41) is 18.1. The molecule has 3 atom stereocenters. The van der Waals surface area contributed by atoms with E-state index in [1.54, 1.807) is 6.92 Å². The quantitative estimate of drug-likeness (QED) is 0.0329. The molecule has 11 heteroatoms. The fraction of sp³-hybridized carbons (Fsp3) is 0.944. The normalized spacial score (nSPS) is 14.1. The third-order valence-electron chi connectivity index (χ3n) is 8.32. The Morgan fingerprint density at radius 3 is 1.34 bits per heavy atom. The van der Waals surface area contributed by atoms with Gasteiger partial charge in [0.25, 0.3) is 0 Å². The summed E-state index contributed by atoms with van der Waals surface area (Å²) in [6, 6.07) is 0. The van der Waals surface area contributed by atoms with E-state index in [0.717, 1.165) is 19.3 Å². The Kier molecular flexibility index (Phi) is 32.7. The molecule has 0 amide bonds. The molecule has 0 bridgehead atoms. The summed E-state index contributed by atoms with van der Waals surface area (Å²) >= 11 is 0. The molecule has 0 aliphatic rings. The predicted octanol–water partition coefficient (Wildman–Crippen LogP) is 9.11. The number of aliphatic hydroxyl groups is 2. The molecule has 0 aromatic rings. The minimum atomic E-state index is -4.58. The molecule has 0 aromatic carbocycles. The second-order valence-corrected chi connectivity index (χ2v) is 14.4. The minimum Gasteiger partial charge on any atom is -0.462 e. The van der Waals surface area contributed by atoms with Crippen molar-refractivity contribution in [2.45, 2.75) is 193 Å². The van der Waals surface area contributed by atoms with E-state index in [-0.39, 0.29) is 19.4 Å². The molecule has 0 rings (SSSR count). The summed E-state index contributed by atoms with van der Waals surface area (Å²) in [7, 11) is -4.58. The van der Waals surface area contributed by atoms with Gasteiger partial charge in [-0.1, -0.05) is 162 Å². The number of esters is 2. The van der Waals surface area contributed by atoms with Gasteiger partial charge in [0.15, 0.2) is 6.10 Å². The van der Waals surface area contributed by atoms with Gasteiger partial charge in [0.05, 0.1) is 19.8 Å². The van der Waals surface area contributed by atoms with E-state index in [0.29, 0.717) is 6.42 Å². The third-order valence-corrected chi connectivity index (χ3v) is 9.27. The zero-order valence-corrected chi connectivity index (χ0v) is 30.9. The zero-order valence-electron chi connectivity index (χ0n) is 30.0. The lowest BCUT2D eigenvalue weighted by Gasteiger charge is -2.20. The number of hydrogen-bond donors (Lipinski definition) is 3. The van der Waals surface area contributed by atoms with Crippen LogP contribution in [0, 0.1) is 0 Å². The Bertz CT molecular complexity index is 766. The van der Waals surface area contributed by atoms with Crippen molar-refractivity contribution in [1.82, 2.24) is 0 Å². The first kappa shape index (κ1) is 46.0. The molecule has 3 N–H and O–H groups in total. The topological polar surface area (TPSA) is 149 Å². The number of carbonyl (C=O) groups is 2. The lowest BCUT2D eigenvalue weighted by Crippen LogP contribution is -2.29. The largest absolute Gasteiger partial charge is 0.472 e. The maximum atomic E-state index is 12.3. The number of rotatable bonds is 36. The number of aliphatic hydroxyl groups excluding tert-OH is 2. The Morgan fingerprint density at radius 1 is 0.574 bits per heavy atom. The Morgan fingerprint density at radius 2 is 0.957 bits per heavy atom. The number of phosphoric ester groups is 1. The van der Waals surface area contributed by atoms with Crippen LogP contribution in [0.1, 0.15) is 181 Å². The van der Waals surface area contributed by atoms with Crippen LogP contribution in [0.25, 0.3) is 0 Å². The fourth-order valence-corrected chi connectivity index (χ4v) is 6.12. The van der Waals surface area contributed by atoms with Gasteiger partial charge in [0, 0.05) is 12.8 Å². The summed E-state index contributed by atoms with van der Waals surface area (Å²) in [6.45, 7) is 1.78. The Labute approximate surface area is 286 Å². The number of phosphoric acid groups is 1. The summed E-state index contributed by atoms with van der Waals surface area (Å²) in [5.41, 5.74) is 0. The number of unbranched alkanes of at least 4 members (excludes halogenated alkanes) is 23. The van der Waals surface area contributed by atoms with Crippen molar-refractivity contribution < 1.29 is 47.8 Å². The molecule has 0 aliphatic heterocycles. The van der Waals surface area contributed by atoms with Gasteiger partial charge in [-0.05, 0) is 6.42 Å². The molecular weight excluding hydrogens is 623 g/mol. The minimum absolute atomic E-state index is 0.127. The summed E-state index contributed by atoms with van der Waals surface area (Å²) in [6.07, 6.45) is 29.2. The molecule has 0 aliphatic carbocycles. The molecule has 0 saturated heterocycles. The number of hydrogen-bond acceptors (Lipinski definition) is 9. The van der Waals surface area contributed by atoms with Crippen molar-refractivity contribution in [2.75, 3.05) is 26.4 Å². The van der Waals surface area contributed by atoms with Gasteiger partial charge in [-0.25, -0.2) is 4.57 Å². The highest BCUT2D eigenvalue weighted by Gasteiger charge is 2.27. The lowest BCUT2D eigenvalue weighted by molar-refractivity contribution is -0.161. The molecule has 0 heterocycles. The number of ether oxygens (including phenoxy) is 2. The summed E-state index contributed by atoms with van der Waals surface area (Å²) in [5.74, 6) is -1.01. The van der Waals surface area contributed by atoms with Gasteiger partial charge in [0.2, 0.25) is 0 Å². The summed E-state index contributed by atoms with van der Waals surface area (Å²) < 4.78 is 31.7. The first-order chi connectivity index (χ1) is 22.7. The first-order valence-electron chi connectivity index (χ1n) is 19.0. The van der Waals surface area contributed by atoms with Crippen LogP contribution in [0.5, 0.6) is 0 Å². The van der Waals surface area contributed by atoms with E-state index in [1.165, 1.54) is 128 Å².